The van der Waals surface area contributed by atoms with Crippen molar-refractivity contribution < 1.29 is 27.5 Å². The van der Waals surface area contributed by atoms with Crippen molar-refractivity contribution in [2.75, 3.05) is 44.3 Å². The highest BCUT2D eigenvalue weighted by Gasteiger charge is 2.41. The van der Waals surface area contributed by atoms with Crippen molar-refractivity contribution in [2.24, 2.45) is 5.41 Å². The molecule has 1 aromatic rings. The second-order valence-electron chi connectivity index (χ2n) is 6.26. The predicted molar refractivity (Wildman–Crippen MR) is 84.5 cm³/mol. The molecule has 25 heavy (non-hydrogen) atoms. The quantitative estimate of drug-likeness (QED) is 0.808. The minimum Gasteiger partial charge on any atom is -0.475 e. The fourth-order valence-corrected chi connectivity index (χ4v) is 3.94. The standard InChI is InChI=1S/C12H19FN4S.C2HF3O2/c13-4-7-16-6-3-12(8-16)2-1-5-17(9-12)11-15-14-10-18-11;3-2(4,5)1(6)7/h10H,1-9H2;(H,6,7). The van der Waals surface area contributed by atoms with Crippen LogP contribution in [-0.4, -0.2) is 71.7 Å². The highest BCUT2D eigenvalue weighted by Crippen LogP contribution is 2.40. The minimum atomic E-state index is -5.08. The Hall–Kier alpha value is -1.49. The molecule has 11 heteroatoms. The van der Waals surface area contributed by atoms with Gasteiger partial charge in [0.2, 0.25) is 5.13 Å². The third kappa shape index (κ3) is 5.50. The summed E-state index contributed by atoms with van der Waals surface area (Å²) >= 11 is 1.61. The zero-order valence-electron chi connectivity index (χ0n) is 13.5. The van der Waals surface area contributed by atoms with Gasteiger partial charge in [-0.15, -0.1) is 10.2 Å². The molecule has 1 atom stereocenters. The number of likely N-dealkylation sites (tertiary alicyclic amines) is 1. The average Bonchev–Trinajstić information content (AvgIpc) is 3.18. The number of nitrogens with zero attached hydrogens (tertiary/aromatic N) is 4. The summed E-state index contributed by atoms with van der Waals surface area (Å²) in [5, 5.41) is 16.3. The third-order valence-electron chi connectivity index (χ3n) is 4.44. The van der Waals surface area contributed by atoms with Gasteiger partial charge in [0.1, 0.15) is 12.2 Å². The normalized spacial score (nSPS) is 24.2. The van der Waals surface area contributed by atoms with E-state index in [0.29, 0.717) is 12.0 Å². The van der Waals surface area contributed by atoms with Gasteiger partial charge in [0.15, 0.2) is 0 Å². The first-order valence-electron chi connectivity index (χ1n) is 7.85. The second kappa shape index (κ2) is 8.26. The van der Waals surface area contributed by atoms with Gasteiger partial charge in [0, 0.05) is 31.6 Å². The van der Waals surface area contributed by atoms with Crippen molar-refractivity contribution in [1.82, 2.24) is 15.1 Å². The number of carboxylic acids is 1. The summed E-state index contributed by atoms with van der Waals surface area (Å²) < 4.78 is 44.2. The van der Waals surface area contributed by atoms with Gasteiger partial charge in [-0.1, -0.05) is 11.3 Å². The van der Waals surface area contributed by atoms with E-state index in [9.17, 15) is 17.6 Å². The SMILES string of the molecule is FCCN1CCC2(CCCN(c3nncs3)C2)C1.O=C(O)C(F)(F)F. The Bertz CT molecular complexity index is 558. The maximum absolute atomic E-state index is 12.4. The Kier molecular flexibility index (Phi) is 6.55. The fourth-order valence-electron chi connectivity index (χ4n) is 3.35. The molecule has 2 saturated heterocycles. The zero-order valence-corrected chi connectivity index (χ0v) is 14.3. The molecule has 0 saturated carbocycles. The number of anilines is 1. The Balaban J connectivity index is 0.000000277. The van der Waals surface area contributed by atoms with Crippen molar-refractivity contribution in [3.8, 4) is 0 Å². The monoisotopic (exact) mass is 384 g/mol. The number of carbonyl (C=O) groups is 1. The molecule has 1 N–H and O–H groups in total. The lowest BCUT2D eigenvalue weighted by molar-refractivity contribution is -0.192. The number of aromatic nitrogens is 2. The van der Waals surface area contributed by atoms with Crippen LogP contribution < -0.4 is 4.90 Å². The molecule has 1 unspecified atom stereocenters. The molecule has 6 nitrogen and oxygen atoms in total. The summed E-state index contributed by atoms with van der Waals surface area (Å²) in [5.41, 5.74) is 2.15. The number of alkyl halides is 4. The van der Waals surface area contributed by atoms with Gasteiger partial charge in [-0.3, -0.25) is 0 Å². The van der Waals surface area contributed by atoms with E-state index < -0.39 is 12.1 Å². The summed E-state index contributed by atoms with van der Waals surface area (Å²) in [7, 11) is 0. The van der Waals surface area contributed by atoms with Crippen LogP contribution in [0, 0.1) is 5.41 Å². The number of piperidine rings is 1. The van der Waals surface area contributed by atoms with Crippen molar-refractivity contribution in [1.29, 1.82) is 0 Å². The smallest absolute Gasteiger partial charge is 0.475 e. The molecule has 0 bridgehead atoms. The Labute approximate surface area is 146 Å². The summed E-state index contributed by atoms with van der Waals surface area (Å²) in [6, 6.07) is 0. The highest BCUT2D eigenvalue weighted by atomic mass is 32.1. The van der Waals surface area contributed by atoms with Crippen molar-refractivity contribution in [3.05, 3.63) is 5.51 Å². The van der Waals surface area contributed by atoms with Gasteiger partial charge in [0.25, 0.3) is 0 Å². The number of hydrogen-bond donors (Lipinski definition) is 1. The number of hydrogen-bond acceptors (Lipinski definition) is 6. The maximum Gasteiger partial charge on any atom is 0.490 e. The molecule has 142 valence electrons. The largest absolute Gasteiger partial charge is 0.490 e. The minimum absolute atomic E-state index is 0.226. The maximum atomic E-state index is 12.4. The Morgan fingerprint density at radius 2 is 2.04 bits per heavy atom. The summed E-state index contributed by atoms with van der Waals surface area (Å²) in [4.78, 5) is 13.5. The number of carboxylic acid groups (broad SMARTS) is 1. The van der Waals surface area contributed by atoms with Crippen LogP contribution in [0.4, 0.5) is 22.7 Å². The first-order valence-corrected chi connectivity index (χ1v) is 8.73. The van der Waals surface area contributed by atoms with Crippen LogP contribution in [-0.2, 0) is 4.79 Å². The van der Waals surface area contributed by atoms with E-state index in [2.05, 4.69) is 20.0 Å². The molecular formula is C14H20F4N4O2S. The number of rotatable bonds is 3. The van der Waals surface area contributed by atoms with E-state index in [1.807, 2.05) is 0 Å². The molecular weight excluding hydrogens is 364 g/mol. The van der Waals surface area contributed by atoms with Crippen LogP contribution in [0.25, 0.3) is 0 Å². The molecule has 3 heterocycles. The van der Waals surface area contributed by atoms with Gasteiger partial charge in [-0.05, 0) is 25.8 Å². The predicted octanol–water partition coefficient (Wildman–Crippen LogP) is 2.43. The lowest BCUT2D eigenvalue weighted by Crippen LogP contribution is -2.45. The molecule has 2 aliphatic heterocycles. The van der Waals surface area contributed by atoms with E-state index in [1.54, 1.807) is 16.8 Å². The van der Waals surface area contributed by atoms with E-state index >= 15 is 0 Å². The summed E-state index contributed by atoms with van der Waals surface area (Å²) in [6.45, 7) is 4.61. The number of halogens is 4. The van der Waals surface area contributed by atoms with Crippen LogP contribution in [0.3, 0.4) is 0 Å². The summed E-state index contributed by atoms with van der Waals surface area (Å²) in [6.07, 6.45) is -1.41. The first-order chi connectivity index (χ1) is 11.8. The molecule has 3 rings (SSSR count). The van der Waals surface area contributed by atoms with Crippen LogP contribution in [0.2, 0.25) is 0 Å². The molecule has 0 radical (unpaired) electrons. The molecule has 0 amide bonds. The van der Waals surface area contributed by atoms with Crippen molar-refractivity contribution in [2.45, 2.75) is 25.4 Å². The molecule has 0 aliphatic carbocycles. The van der Waals surface area contributed by atoms with E-state index in [-0.39, 0.29) is 6.67 Å². The van der Waals surface area contributed by atoms with Gasteiger partial charge >= 0.3 is 12.1 Å². The molecule has 1 aromatic heterocycles. The van der Waals surface area contributed by atoms with E-state index in [4.69, 9.17) is 9.90 Å². The highest BCUT2D eigenvalue weighted by molar-refractivity contribution is 7.13. The molecule has 2 fully saturated rings. The lowest BCUT2D eigenvalue weighted by Gasteiger charge is -2.40. The van der Waals surface area contributed by atoms with Crippen molar-refractivity contribution in [3.63, 3.8) is 0 Å². The van der Waals surface area contributed by atoms with Crippen LogP contribution in [0.5, 0.6) is 0 Å². The fraction of sp³-hybridized carbons (Fsp3) is 0.786. The van der Waals surface area contributed by atoms with Gasteiger partial charge in [0.05, 0.1) is 0 Å². The number of aliphatic carboxylic acids is 1. The van der Waals surface area contributed by atoms with Gasteiger partial charge < -0.3 is 14.9 Å². The van der Waals surface area contributed by atoms with E-state index in [0.717, 1.165) is 31.3 Å². The first kappa shape index (κ1) is 19.8. The third-order valence-corrected chi connectivity index (χ3v) is 5.19. The Morgan fingerprint density at radius 1 is 1.32 bits per heavy atom. The van der Waals surface area contributed by atoms with Crippen molar-refractivity contribution >= 4 is 22.4 Å². The van der Waals surface area contributed by atoms with Crippen LogP contribution in [0.15, 0.2) is 5.51 Å². The van der Waals surface area contributed by atoms with Crippen LogP contribution >= 0.6 is 11.3 Å². The second-order valence-corrected chi connectivity index (χ2v) is 7.08. The molecule has 1 spiro atoms. The van der Waals surface area contributed by atoms with Crippen LogP contribution in [0.1, 0.15) is 19.3 Å². The van der Waals surface area contributed by atoms with Gasteiger partial charge in [-0.2, -0.15) is 13.2 Å². The zero-order chi connectivity index (χ0) is 18.5. The molecule has 2 aliphatic rings. The Morgan fingerprint density at radius 3 is 2.60 bits per heavy atom. The van der Waals surface area contributed by atoms with E-state index in [1.165, 1.54) is 19.3 Å². The average molecular weight is 384 g/mol. The topological polar surface area (TPSA) is 69.6 Å². The summed E-state index contributed by atoms with van der Waals surface area (Å²) in [5.74, 6) is -2.76. The lowest BCUT2D eigenvalue weighted by atomic mass is 9.79. The molecule has 0 aromatic carbocycles. The van der Waals surface area contributed by atoms with Gasteiger partial charge in [-0.25, -0.2) is 9.18 Å².